The van der Waals surface area contributed by atoms with Gasteiger partial charge in [-0.2, -0.15) is 0 Å². The van der Waals surface area contributed by atoms with Crippen LogP contribution in [0, 0.1) is 11.6 Å². The Labute approximate surface area is 103 Å². The minimum atomic E-state index is -1.01. The molecule has 1 aliphatic rings. The van der Waals surface area contributed by atoms with Crippen LogP contribution in [0.4, 0.5) is 13.6 Å². The van der Waals surface area contributed by atoms with E-state index in [2.05, 4.69) is 0 Å². The quantitative estimate of drug-likeness (QED) is 0.804. The van der Waals surface area contributed by atoms with E-state index in [9.17, 15) is 13.6 Å². The van der Waals surface area contributed by atoms with Gasteiger partial charge in [0.25, 0.3) is 0 Å². The molecule has 1 aliphatic heterocycles. The predicted molar refractivity (Wildman–Crippen MR) is 61.3 cm³/mol. The molecular formula is C12H14F2N2O2. The zero-order chi connectivity index (χ0) is 13.3. The number of nitrogens with zero attached hydrogens (tertiary/aromatic N) is 1. The summed E-state index contributed by atoms with van der Waals surface area (Å²) in [6, 6.07) is 3.30. The molecule has 1 aromatic rings. The number of hydrogen-bond acceptors (Lipinski definition) is 2. The first-order chi connectivity index (χ1) is 8.49. The summed E-state index contributed by atoms with van der Waals surface area (Å²) in [6.07, 6.45) is -0.493. The van der Waals surface area contributed by atoms with Crippen molar-refractivity contribution in [3.63, 3.8) is 0 Å². The van der Waals surface area contributed by atoms with Crippen LogP contribution >= 0.6 is 0 Å². The Bertz CT molecular complexity index is 467. The maximum Gasteiger partial charge on any atom is 0.407 e. The molecule has 0 unspecified atom stereocenters. The van der Waals surface area contributed by atoms with Crippen molar-refractivity contribution in [2.75, 3.05) is 13.1 Å². The van der Waals surface area contributed by atoms with Crippen LogP contribution in [0.25, 0.3) is 0 Å². The third-order valence-electron chi connectivity index (χ3n) is 3.30. The van der Waals surface area contributed by atoms with Gasteiger partial charge < -0.3 is 15.7 Å². The maximum absolute atomic E-state index is 13.1. The third-order valence-corrected chi connectivity index (χ3v) is 3.30. The average Bonchev–Trinajstić information content (AvgIpc) is 2.32. The smallest absolute Gasteiger partial charge is 0.407 e. The van der Waals surface area contributed by atoms with Crippen molar-refractivity contribution < 1.29 is 18.7 Å². The van der Waals surface area contributed by atoms with Gasteiger partial charge in [0.1, 0.15) is 0 Å². The number of piperidine rings is 1. The van der Waals surface area contributed by atoms with Gasteiger partial charge in [0, 0.05) is 25.0 Å². The van der Waals surface area contributed by atoms with Crippen molar-refractivity contribution in [3.05, 3.63) is 35.4 Å². The Morgan fingerprint density at radius 1 is 1.39 bits per heavy atom. The van der Waals surface area contributed by atoms with Crippen molar-refractivity contribution in [1.82, 2.24) is 4.90 Å². The molecule has 1 amide bonds. The topological polar surface area (TPSA) is 66.6 Å². The van der Waals surface area contributed by atoms with Gasteiger partial charge in [0.15, 0.2) is 11.6 Å². The predicted octanol–water partition coefficient (Wildman–Crippen LogP) is 1.76. The van der Waals surface area contributed by atoms with Gasteiger partial charge in [-0.1, -0.05) is 6.07 Å². The molecule has 2 rings (SSSR count). The minimum absolute atomic E-state index is 0.143. The Kier molecular flexibility index (Phi) is 3.47. The van der Waals surface area contributed by atoms with Crippen molar-refractivity contribution in [1.29, 1.82) is 0 Å². The molecule has 1 aromatic carbocycles. The van der Waals surface area contributed by atoms with Crippen molar-refractivity contribution in [3.8, 4) is 0 Å². The fraction of sp³-hybridized carbons (Fsp3) is 0.417. The Morgan fingerprint density at radius 2 is 2.11 bits per heavy atom. The van der Waals surface area contributed by atoms with Crippen LogP contribution in [0.2, 0.25) is 0 Å². The van der Waals surface area contributed by atoms with Crippen molar-refractivity contribution >= 4 is 6.09 Å². The standard InChI is InChI=1S/C12H14F2N2O2/c13-9-2-1-7(5-10(9)14)8-3-4-16(12(17)18)6-11(8)15/h1-2,5,8,11H,3-4,6,15H2,(H,17,18)/t8-,11+/m0/s1. The summed E-state index contributed by atoms with van der Waals surface area (Å²) in [5, 5.41) is 8.85. The largest absolute Gasteiger partial charge is 0.465 e. The highest BCUT2D eigenvalue weighted by Crippen LogP contribution is 2.28. The molecule has 0 bridgehead atoms. The minimum Gasteiger partial charge on any atom is -0.465 e. The van der Waals surface area contributed by atoms with E-state index in [1.165, 1.54) is 11.0 Å². The number of carbonyl (C=O) groups is 1. The zero-order valence-corrected chi connectivity index (χ0v) is 9.64. The molecule has 4 nitrogen and oxygen atoms in total. The molecule has 6 heteroatoms. The van der Waals surface area contributed by atoms with E-state index in [0.29, 0.717) is 18.5 Å². The first kappa shape index (κ1) is 12.8. The highest BCUT2D eigenvalue weighted by molar-refractivity contribution is 5.65. The maximum atomic E-state index is 13.1. The molecule has 18 heavy (non-hydrogen) atoms. The molecule has 3 N–H and O–H groups in total. The summed E-state index contributed by atoms with van der Waals surface area (Å²) < 4.78 is 26.0. The monoisotopic (exact) mass is 256 g/mol. The van der Waals surface area contributed by atoms with Gasteiger partial charge in [-0.25, -0.2) is 13.6 Å². The number of likely N-dealkylation sites (tertiary alicyclic amines) is 1. The van der Waals surface area contributed by atoms with Crippen molar-refractivity contribution in [2.24, 2.45) is 5.73 Å². The normalized spacial score (nSPS) is 24.1. The number of rotatable bonds is 1. The molecule has 1 fully saturated rings. The van der Waals surface area contributed by atoms with E-state index in [0.717, 1.165) is 12.1 Å². The van der Waals surface area contributed by atoms with Crippen LogP contribution in [0.5, 0.6) is 0 Å². The number of halogens is 2. The van der Waals surface area contributed by atoms with Gasteiger partial charge in [0.2, 0.25) is 0 Å². The van der Waals surface area contributed by atoms with Gasteiger partial charge in [-0.3, -0.25) is 0 Å². The summed E-state index contributed by atoms with van der Waals surface area (Å²) in [5.74, 6) is -1.94. The van der Waals surface area contributed by atoms with Crippen LogP contribution in [-0.2, 0) is 0 Å². The highest BCUT2D eigenvalue weighted by atomic mass is 19.2. The van der Waals surface area contributed by atoms with Crippen molar-refractivity contribution in [2.45, 2.75) is 18.4 Å². The summed E-state index contributed by atoms with van der Waals surface area (Å²) in [6.45, 7) is 0.561. The summed E-state index contributed by atoms with van der Waals surface area (Å²) in [4.78, 5) is 12.0. The number of carboxylic acid groups (broad SMARTS) is 1. The molecule has 1 saturated heterocycles. The molecule has 0 aromatic heterocycles. The average molecular weight is 256 g/mol. The first-order valence-corrected chi connectivity index (χ1v) is 5.67. The third kappa shape index (κ3) is 2.43. The second-order valence-corrected chi connectivity index (χ2v) is 4.46. The molecule has 2 atom stereocenters. The second-order valence-electron chi connectivity index (χ2n) is 4.46. The Balaban J connectivity index is 2.15. The number of hydrogen-bond donors (Lipinski definition) is 2. The van der Waals surface area contributed by atoms with Crippen LogP contribution < -0.4 is 5.73 Å². The Hall–Kier alpha value is -1.69. The van der Waals surface area contributed by atoms with E-state index < -0.39 is 23.8 Å². The van der Waals surface area contributed by atoms with Crippen LogP contribution in [0.3, 0.4) is 0 Å². The van der Waals surface area contributed by atoms with Gasteiger partial charge in [0.05, 0.1) is 0 Å². The highest BCUT2D eigenvalue weighted by Gasteiger charge is 2.30. The second kappa shape index (κ2) is 4.89. The molecule has 0 radical (unpaired) electrons. The van der Waals surface area contributed by atoms with E-state index >= 15 is 0 Å². The lowest BCUT2D eigenvalue weighted by Crippen LogP contribution is -2.49. The molecule has 0 spiro atoms. The molecular weight excluding hydrogens is 242 g/mol. The van der Waals surface area contributed by atoms with Crippen LogP contribution in [0.1, 0.15) is 17.9 Å². The van der Waals surface area contributed by atoms with Gasteiger partial charge in [-0.15, -0.1) is 0 Å². The number of benzene rings is 1. The van der Waals surface area contributed by atoms with E-state index in [4.69, 9.17) is 10.8 Å². The summed E-state index contributed by atoms with van der Waals surface area (Å²) in [5.41, 5.74) is 6.52. The molecule has 0 saturated carbocycles. The fourth-order valence-corrected chi connectivity index (χ4v) is 2.31. The molecule has 1 heterocycles. The lowest BCUT2D eigenvalue weighted by atomic mass is 9.86. The zero-order valence-electron chi connectivity index (χ0n) is 9.64. The summed E-state index contributed by atoms with van der Waals surface area (Å²) in [7, 11) is 0. The molecule has 98 valence electrons. The Morgan fingerprint density at radius 3 is 2.67 bits per heavy atom. The SMILES string of the molecule is N[C@@H]1CN(C(=O)O)CC[C@H]1c1ccc(F)c(F)c1. The molecule has 0 aliphatic carbocycles. The number of amides is 1. The fourth-order valence-electron chi connectivity index (χ4n) is 2.31. The van der Waals surface area contributed by atoms with Gasteiger partial charge in [-0.05, 0) is 24.1 Å². The summed E-state index contributed by atoms with van der Waals surface area (Å²) >= 11 is 0. The van der Waals surface area contributed by atoms with E-state index in [1.807, 2.05) is 0 Å². The van der Waals surface area contributed by atoms with Crippen LogP contribution in [0.15, 0.2) is 18.2 Å². The lowest BCUT2D eigenvalue weighted by Gasteiger charge is -2.35. The lowest BCUT2D eigenvalue weighted by molar-refractivity contribution is 0.126. The van der Waals surface area contributed by atoms with Gasteiger partial charge >= 0.3 is 6.09 Å². The van der Waals surface area contributed by atoms with Crippen LogP contribution in [-0.4, -0.2) is 35.2 Å². The number of nitrogens with two attached hydrogens (primary N) is 1. The van der Waals surface area contributed by atoms with E-state index in [-0.39, 0.29) is 12.5 Å². The van der Waals surface area contributed by atoms with E-state index in [1.54, 1.807) is 0 Å². The first-order valence-electron chi connectivity index (χ1n) is 5.67.